The third-order valence-electron chi connectivity index (χ3n) is 8.95. The Hall–Kier alpha value is -3.83. The minimum Gasteiger partial charge on any atom is -0.508 e. The summed E-state index contributed by atoms with van der Waals surface area (Å²) in [5.74, 6) is -3.17. The number of aliphatic hydroxyl groups excluding tert-OH is 8. The van der Waals surface area contributed by atoms with Gasteiger partial charge in [-0.15, -0.1) is 0 Å². The maximum Gasteiger partial charge on any atom is 0.239 e. The number of aromatic hydroxyl groups is 3. The van der Waals surface area contributed by atoms with Gasteiger partial charge in [-0.05, 0) is 32.0 Å². The van der Waals surface area contributed by atoms with E-state index in [4.69, 9.17) is 32.8 Å². The SMILES string of the molecule is C[C@@H]1O[C@@H](Oc2ccc(-c3oc4cc(O)cc(O)c4c(=O)c3O[C@@H]3O[C@@H](C)[C@H](O)[C@@H](O)[C@@H]3O[C@H]3OC[C@@H](O)[C@@H](O)[C@H]3O)cc2O)[C@@H](O)[C@H](O)[C@H]1O. The molecular formula is C32H38O19. The van der Waals surface area contributed by atoms with E-state index in [1.807, 2.05) is 0 Å². The minimum atomic E-state index is -1.83. The molecule has 6 rings (SSSR count). The second-order valence-electron chi connectivity index (χ2n) is 12.6. The Morgan fingerprint density at radius 1 is 0.686 bits per heavy atom. The second kappa shape index (κ2) is 14.3. The number of benzene rings is 2. The van der Waals surface area contributed by atoms with Crippen LogP contribution in [0, 0.1) is 0 Å². The molecule has 0 radical (unpaired) electrons. The van der Waals surface area contributed by atoms with E-state index in [1.54, 1.807) is 0 Å². The van der Waals surface area contributed by atoms with Gasteiger partial charge in [-0.2, -0.15) is 0 Å². The molecule has 280 valence electrons. The van der Waals surface area contributed by atoms with Crippen LogP contribution in [0.5, 0.6) is 28.7 Å². The molecule has 3 aliphatic rings. The van der Waals surface area contributed by atoms with E-state index < -0.39 is 132 Å². The normalized spacial score (nSPS) is 37.3. The zero-order valence-electron chi connectivity index (χ0n) is 26.9. The van der Waals surface area contributed by atoms with Crippen LogP contribution in [0.3, 0.4) is 0 Å². The van der Waals surface area contributed by atoms with Crippen molar-refractivity contribution in [2.24, 2.45) is 0 Å². The first-order valence-corrected chi connectivity index (χ1v) is 15.8. The van der Waals surface area contributed by atoms with E-state index in [-0.39, 0.29) is 16.9 Å². The average Bonchev–Trinajstić information content (AvgIpc) is 3.08. The first-order valence-electron chi connectivity index (χ1n) is 15.8. The van der Waals surface area contributed by atoms with E-state index in [0.717, 1.165) is 18.2 Å². The van der Waals surface area contributed by atoms with Crippen molar-refractivity contribution >= 4 is 11.0 Å². The second-order valence-corrected chi connectivity index (χ2v) is 12.6. The molecule has 51 heavy (non-hydrogen) atoms. The largest absolute Gasteiger partial charge is 0.508 e. The number of hydrogen-bond donors (Lipinski definition) is 11. The van der Waals surface area contributed by atoms with Crippen molar-refractivity contribution in [1.82, 2.24) is 0 Å². The lowest BCUT2D eigenvalue weighted by Crippen LogP contribution is -2.62. The molecule has 11 N–H and O–H groups in total. The first-order chi connectivity index (χ1) is 24.1. The smallest absolute Gasteiger partial charge is 0.239 e. The maximum absolute atomic E-state index is 14.0. The summed E-state index contributed by atoms with van der Waals surface area (Å²) in [7, 11) is 0. The molecule has 0 aliphatic carbocycles. The van der Waals surface area contributed by atoms with Gasteiger partial charge in [0.25, 0.3) is 0 Å². The summed E-state index contributed by atoms with van der Waals surface area (Å²) >= 11 is 0. The van der Waals surface area contributed by atoms with Gasteiger partial charge in [-0.3, -0.25) is 4.79 Å². The summed E-state index contributed by atoms with van der Waals surface area (Å²) in [6.45, 7) is 2.33. The fourth-order valence-corrected chi connectivity index (χ4v) is 5.97. The molecule has 19 nitrogen and oxygen atoms in total. The summed E-state index contributed by atoms with van der Waals surface area (Å²) in [6.07, 6.45) is -21.9. The van der Waals surface area contributed by atoms with Gasteiger partial charge in [0.2, 0.25) is 23.8 Å². The van der Waals surface area contributed by atoms with Crippen LogP contribution < -0.4 is 14.9 Å². The molecule has 2 aromatic carbocycles. The van der Waals surface area contributed by atoms with Gasteiger partial charge in [0.15, 0.2) is 29.7 Å². The van der Waals surface area contributed by atoms with Crippen LogP contribution in [0.15, 0.2) is 39.5 Å². The highest BCUT2D eigenvalue weighted by molar-refractivity contribution is 5.88. The van der Waals surface area contributed by atoms with Crippen molar-refractivity contribution in [3.8, 4) is 40.1 Å². The number of phenolic OH excluding ortho intramolecular Hbond substituents is 3. The third kappa shape index (κ3) is 6.91. The predicted octanol–water partition coefficient (Wildman–Crippen LogP) is -2.55. The van der Waals surface area contributed by atoms with Gasteiger partial charge in [0.05, 0.1) is 18.8 Å². The van der Waals surface area contributed by atoms with Crippen LogP contribution in [0.2, 0.25) is 0 Å². The molecule has 14 atom stereocenters. The van der Waals surface area contributed by atoms with Gasteiger partial charge >= 0.3 is 0 Å². The summed E-state index contributed by atoms with van der Waals surface area (Å²) < 4.78 is 39.6. The summed E-state index contributed by atoms with van der Waals surface area (Å²) in [5.41, 5.74) is -1.44. The highest BCUT2D eigenvalue weighted by Gasteiger charge is 2.49. The zero-order valence-corrected chi connectivity index (χ0v) is 26.9. The van der Waals surface area contributed by atoms with Crippen molar-refractivity contribution in [2.45, 2.75) is 99.9 Å². The van der Waals surface area contributed by atoms with Gasteiger partial charge in [-0.1, -0.05) is 0 Å². The fraction of sp³-hybridized carbons (Fsp3) is 0.531. The molecule has 3 aliphatic heterocycles. The van der Waals surface area contributed by atoms with Crippen LogP contribution in [0.1, 0.15) is 13.8 Å². The Morgan fingerprint density at radius 3 is 2.02 bits per heavy atom. The van der Waals surface area contributed by atoms with Gasteiger partial charge in [-0.25, -0.2) is 0 Å². The van der Waals surface area contributed by atoms with E-state index in [9.17, 15) is 61.0 Å². The molecule has 3 fully saturated rings. The van der Waals surface area contributed by atoms with Crippen molar-refractivity contribution < 1.29 is 89.0 Å². The molecule has 0 saturated carbocycles. The first kappa shape index (κ1) is 36.9. The summed E-state index contributed by atoms with van der Waals surface area (Å²) in [5, 5.41) is 114. The van der Waals surface area contributed by atoms with E-state index in [2.05, 4.69) is 0 Å². The lowest BCUT2D eigenvalue weighted by Gasteiger charge is -2.44. The maximum atomic E-state index is 14.0. The number of rotatable bonds is 7. The van der Waals surface area contributed by atoms with E-state index >= 15 is 0 Å². The molecule has 1 aromatic heterocycles. The molecule has 3 aromatic rings. The van der Waals surface area contributed by atoms with Crippen molar-refractivity contribution in [1.29, 1.82) is 0 Å². The van der Waals surface area contributed by atoms with E-state index in [1.165, 1.54) is 26.0 Å². The predicted molar refractivity (Wildman–Crippen MR) is 166 cm³/mol. The van der Waals surface area contributed by atoms with Crippen molar-refractivity contribution in [2.75, 3.05) is 6.61 Å². The third-order valence-corrected chi connectivity index (χ3v) is 8.95. The number of ether oxygens (including phenoxy) is 6. The molecule has 0 unspecified atom stereocenters. The standard InChI is InChI=1S/C32H38O19/c1-9-19(37)23(41)26(44)31(46-9)49-16-4-3-11(5-13(16)34)27-28(22(40)18-14(35)6-12(33)7-17(18)48-27)50-32-29(24(42)20(38)10(2)47-32)51-30-25(43)21(39)15(36)8-45-30/h3-7,9-10,15,19-21,23-26,29-39,41-44H,8H2,1-2H3/t9-,10-,15+,19-,20-,21+,23+,24+,25+,26-,29-,30+,31-,32-/m0/s1. The average molecular weight is 727 g/mol. The molecule has 4 heterocycles. The summed E-state index contributed by atoms with van der Waals surface area (Å²) in [6, 6.07) is 5.40. The molecular weight excluding hydrogens is 688 g/mol. The number of aliphatic hydroxyl groups is 8. The Bertz CT molecular complexity index is 1780. The Balaban J connectivity index is 1.39. The van der Waals surface area contributed by atoms with Crippen LogP contribution in [-0.4, -0.2) is 149 Å². The zero-order chi connectivity index (χ0) is 37.0. The quantitative estimate of drug-likeness (QED) is 0.119. The van der Waals surface area contributed by atoms with Crippen molar-refractivity contribution in [3.05, 3.63) is 40.6 Å². The number of fused-ring (bicyclic) bond motifs is 1. The van der Waals surface area contributed by atoms with Gasteiger partial charge in [0.1, 0.15) is 71.3 Å². The van der Waals surface area contributed by atoms with Crippen LogP contribution in [0.4, 0.5) is 0 Å². The topological polar surface area (TPSA) is 308 Å². The summed E-state index contributed by atoms with van der Waals surface area (Å²) in [4.78, 5) is 14.0. The molecule has 0 spiro atoms. The van der Waals surface area contributed by atoms with Crippen LogP contribution in [-0.2, 0) is 18.9 Å². The number of hydrogen-bond acceptors (Lipinski definition) is 19. The molecule has 19 heteroatoms. The monoisotopic (exact) mass is 726 g/mol. The lowest BCUT2D eigenvalue weighted by atomic mass is 9.99. The van der Waals surface area contributed by atoms with Gasteiger partial charge in [0, 0.05) is 17.7 Å². The molecule has 0 bridgehead atoms. The Morgan fingerprint density at radius 2 is 1.33 bits per heavy atom. The van der Waals surface area contributed by atoms with Crippen LogP contribution >= 0.6 is 0 Å². The van der Waals surface area contributed by atoms with Crippen molar-refractivity contribution in [3.63, 3.8) is 0 Å². The molecule has 0 amide bonds. The lowest BCUT2D eigenvalue weighted by molar-refractivity contribution is -0.341. The fourth-order valence-electron chi connectivity index (χ4n) is 5.97. The Kier molecular flexibility index (Phi) is 10.4. The van der Waals surface area contributed by atoms with Crippen LogP contribution in [0.25, 0.3) is 22.3 Å². The van der Waals surface area contributed by atoms with E-state index in [0.29, 0.717) is 0 Å². The molecule has 3 saturated heterocycles. The highest BCUT2D eigenvalue weighted by atomic mass is 16.8. The Labute approximate surface area is 287 Å². The van der Waals surface area contributed by atoms with Gasteiger partial charge < -0.3 is 89.0 Å². The minimum absolute atomic E-state index is 0.0734. The highest BCUT2D eigenvalue weighted by Crippen LogP contribution is 2.41. The number of phenols is 3.